The van der Waals surface area contributed by atoms with Crippen molar-refractivity contribution >= 4 is 11.9 Å². The summed E-state index contributed by atoms with van der Waals surface area (Å²) in [5, 5.41) is 11.7. The fourth-order valence-electron chi connectivity index (χ4n) is 2.00. The molecule has 102 valence electrons. The number of hydrogen-bond acceptors (Lipinski definition) is 3. The lowest BCUT2D eigenvalue weighted by molar-refractivity contribution is 0.0695. The van der Waals surface area contributed by atoms with Gasteiger partial charge < -0.3 is 10.4 Å². The van der Waals surface area contributed by atoms with E-state index in [1.165, 1.54) is 31.2 Å². The number of aromatic nitrogens is 1. The Balaban J connectivity index is 1.95. The van der Waals surface area contributed by atoms with Crippen LogP contribution in [0.2, 0.25) is 0 Å². The zero-order chi connectivity index (χ0) is 13.8. The maximum absolute atomic E-state index is 12.0. The second-order valence-corrected chi connectivity index (χ2v) is 4.99. The molecule has 0 bridgehead atoms. The van der Waals surface area contributed by atoms with Gasteiger partial charge >= 0.3 is 5.97 Å². The highest BCUT2D eigenvalue weighted by atomic mass is 16.4. The number of amides is 1. The monoisotopic (exact) mass is 262 g/mol. The van der Waals surface area contributed by atoms with Crippen molar-refractivity contribution in [2.45, 2.75) is 38.6 Å². The molecule has 1 aliphatic carbocycles. The van der Waals surface area contributed by atoms with Gasteiger partial charge in [0.05, 0.1) is 5.56 Å². The summed E-state index contributed by atoms with van der Waals surface area (Å²) in [6, 6.07) is 3.02. The van der Waals surface area contributed by atoms with Gasteiger partial charge in [-0.25, -0.2) is 4.79 Å². The Labute approximate surface area is 112 Å². The van der Waals surface area contributed by atoms with Crippen molar-refractivity contribution in [3.63, 3.8) is 0 Å². The molecule has 0 aromatic carbocycles. The maximum atomic E-state index is 12.0. The molecule has 0 aliphatic heterocycles. The molecule has 2 rings (SSSR count). The molecule has 1 amide bonds. The van der Waals surface area contributed by atoms with Gasteiger partial charge in [0.25, 0.3) is 5.91 Å². The number of aromatic carboxylic acids is 1. The molecule has 2 N–H and O–H groups in total. The Bertz CT molecular complexity index is 466. The zero-order valence-corrected chi connectivity index (χ0v) is 10.9. The molecule has 0 saturated heterocycles. The van der Waals surface area contributed by atoms with Gasteiger partial charge in [0.15, 0.2) is 0 Å². The summed E-state index contributed by atoms with van der Waals surface area (Å²) < 4.78 is 0. The van der Waals surface area contributed by atoms with E-state index in [4.69, 9.17) is 5.11 Å². The number of carbonyl (C=O) groups excluding carboxylic acids is 1. The number of carboxylic acids is 1. The van der Waals surface area contributed by atoms with Gasteiger partial charge in [-0.2, -0.15) is 0 Å². The summed E-state index contributed by atoms with van der Waals surface area (Å²) in [5.74, 6) is -0.517. The van der Waals surface area contributed by atoms with Crippen LogP contribution in [0.3, 0.4) is 0 Å². The molecular formula is C14H18N2O3. The SMILES string of the molecule is CCC(CC1CC1)NC(=O)c1ccc(C(=O)O)cn1. The average Bonchev–Trinajstić information content (AvgIpc) is 3.22. The van der Waals surface area contributed by atoms with Gasteiger partial charge in [0.2, 0.25) is 0 Å². The second-order valence-electron chi connectivity index (χ2n) is 4.99. The molecule has 1 heterocycles. The fraction of sp³-hybridized carbons (Fsp3) is 0.500. The first-order valence-electron chi connectivity index (χ1n) is 6.60. The van der Waals surface area contributed by atoms with Crippen LogP contribution < -0.4 is 5.32 Å². The van der Waals surface area contributed by atoms with Crippen LogP contribution in [0.15, 0.2) is 18.3 Å². The Kier molecular flexibility index (Phi) is 4.14. The average molecular weight is 262 g/mol. The van der Waals surface area contributed by atoms with Crippen LogP contribution in [-0.4, -0.2) is 28.0 Å². The van der Waals surface area contributed by atoms with E-state index in [1.807, 2.05) is 6.92 Å². The van der Waals surface area contributed by atoms with Crippen molar-refractivity contribution in [3.05, 3.63) is 29.6 Å². The van der Waals surface area contributed by atoms with Gasteiger partial charge in [-0.05, 0) is 30.9 Å². The van der Waals surface area contributed by atoms with E-state index in [2.05, 4.69) is 10.3 Å². The standard InChI is InChI=1S/C14H18N2O3/c1-2-11(7-9-3-4-9)16-13(17)12-6-5-10(8-15-12)14(18)19/h5-6,8-9,11H,2-4,7H2,1H3,(H,16,17)(H,18,19). The highest BCUT2D eigenvalue weighted by Crippen LogP contribution is 2.34. The van der Waals surface area contributed by atoms with Crippen molar-refractivity contribution in [1.29, 1.82) is 0 Å². The van der Waals surface area contributed by atoms with E-state index >= 15 is 0 Å². The van der Waals surface area contributed by atoms with Crippen LogP contribution >= 0.6 is 0 Å². The predicted molar refractivity (Wildman–Crippen MR) is 70.1 cm³/mol. The van der Waals surface area contributed by atoms with Gasteiger partial charge in [0.1, 0.15) is 5.69 Å². The van der Waals surface area contributed by atoms with Crippen LogP contribution in [0, 0.1) is 5.92 Å². The summed E-state index contributed by atoms with van der Waals surface area (Å²) in [6.07, 6.45) is 5.65. The van der Waals surface area contributed by atoms with Crippen LogP contribution in [0.5, 0.6) is 0 Å². The van der Waals surface area contributed by atoms with Gasteiger partial charge in [0, 0.05) is 12.2 Å². The first kappa shape index (κ1) is 13.5. The van der Waals surface area contributed by atoms with Crippen molar-refractivity contribution in [1.82, 2.24) is 10.3 Å². The molecule has 0 spiro atoms. The van der Waals surface area contributed by atoms with E-state index in [-0.39, 0.29) is 23.2 Å². The smallest absolute Gasteiger partial charge is 0.337 e. The third kappa shape index (κ3) is 3.77. The molecule has 1 saturated carbocycles. The number of nitrogens with zero attached hydrogens (tertiary/aromatic N) is 1. The minimum atomic E-state index is -1.04. The van der Waals surface area contributed by atoms with Crippen molar-refractivity contribution in [2.75, 3.05) is 0 Å². The normalized spacial score (nSPS) is 15.8. The second kappa shape index (κ2) is 5.82. The van der Waals surface area contributed by atoms with Crippen LogP contribution in [-0.2, 0) is 0 Å². The molecule has 1 aromatic rings. The molecule has 1 aliphatic rings. The molecule has 0 radical (unpaired) electrons. The van der Waals surface area contributed by atoms with E-state index in [0.717, 1.165) is 18.8 Å². The van der Waals surface area contributed by atoms with Crippen LogP contribution in [0.25, 0.3) is 0 Å². The van der Waals surface area contributed by atoms with Gasteiger partial charge in [-0.1, -0.05) is 19.8 Å². The zero-order valence-electron chi connectivity index (χ0n) is 10.9. The van der Waals surface area contributed by atoms with E-state index in [1.54, 1.807) is 0 Å². The quantitative estimate of drug-likeness (QED) is 0.822. The number of carboxylic acid groups (broad SMARTS) is 1. The third-order valence-electron chi connectivity index (χ3n) is 3.39. The fourth-order valence-corrected chi connectivity index (χ4v) is 2.00. The number of nitrogens with one attached hydrogen (secondary N) is 1. The lowest BCUT2D eigenvalue weighted by Crippen LogP contribution is -2.35. The molecule has 5 heteroatoms. The van der Waals surface area contributed by atoms with Crippen molar-refractivity contribution < 1.29 is 14.7 Å². The van der Waals surface area contributed by atoms with E-state index in [0.29, 0.717) is 0 Å². The predicted octanol–water partition coefficient (Wildman–Crippen LogP) is 2.09. The van der Waals surface area contributed by atoms with Gasteiger partial charge in [-0.3, -0.25) is 9.78 Å². The minimum Gasteiger partial charge on any atom is -0.478 e. The summed E-state index contributed by atoms with van der Waals surface area (Å²) >= 11 is 0. The summed E-state index contributed by atoms with van der Waals surface area (Å²) in [4.78, 5) is 26.6. The van der Waals surface area contributed by atoms with E-state index in [9.17, 15) is 9.59 Å². The molecule has 1 fully saturated rings. The molecular weight excluding hydrogens is 244 g/mol. The Morgan fingerprint density at radius 3 is 2.68 bits per heavy atom. The molecule has 5 nitrogen and oxygen atoms in total. The lowest BCUT2D eigenvalue weighted by Gasteiger charge is -2.16. The van der Waals surface area contributed by atoms with Crippen molar-refractivity contribution in [2.24, 2.45) is 5.92 Å². The molecule has 1 aromatic heterocycles. The third-order valence-corrected chi connectivity index (χ3v) is 3.39. The number of hydrogen-bond donors (Lipinski definition) is 2. The topological polar surface area (TPSA) is 79.3 Å². The first-order valence-corrected chi connectivity index (χ1v) is 6.60. The Hall–Kier alpha value is -1.91. The highest BCUT2D eigenvalue weighted by molar-refractivity contribution is 5.93. The number of rotatable bonds is 6. The maximum Gasteiger partial charge on any atom is 0.337 e. The molecule has 1 atom stereocenters. The Morgan fingerprint density at radius 2 is 2.21 bits per heavy atom. The number of carbonyl (C=O) groups is 2. The lowest BCUT2D eigenvalue weighted by atomic mass is 10.1. The first-order chi connectivity index (χ1) is 9.10. The van der Waals surface area contributed by atoms with Crippen LogP contribution in [0.1, 0.15) is 53.5 Å². The summed E-state index contributed by atoms with van der Waals surface area (Å²) in [7, 11) is 0. The van der Waals surface area contributed by atoms with E-state index < -0.39 is 5.97 Å². The number of pyridine rings is 1. The van der Waals surface area contributed by atoms with Crippen LogP contribution in [0.4, 0.5) is 0 Å². The largest absolute Gasteiger partial charge is 0.478 e. The summed E-state index contributed by atoms with van der Waals surface area (Å²) in [5.41, 5.74) is 0.348. The highest BCUT2D eigenvalue weighted by Gasteiger charge is 2.25. The summed E-state index contributed by atoms with van der Waals surface area (Å²) in [6.45, 7) is 2.05. The Morgan fingerprint density at radius 1 is 1.47 bits per heavy atom. The molecule has 19 heavy (non-hydrogen) atoms. The molecule has 1 unspecified atom stereocenters. The minimum absolute atomic E-state index is 0.0848. The van der Waals surface area contributed by atoms with Crippen molar-refractivity contribution in [3.8, 4) is 0 Å². The van der Waals surface area contributed by atoms with Gasteiger partial charge in [-0.15, -0.1) is 0 Å².